The van der Waals surface area contributed by atoms with Crippen molar-refractivity contribution in [2.75, 3.05) is 31.7 Å². The number of carbonyl (C=O) groups excluding carboxylic acids is 2. The number of nitrogens with one attached hydrogen (secondary N) is 2. The van der Waals surface area contributed by atoms with Crippen molar-refractivity contribution < 1.29 is 19.1 Å². The van der Waals surface area contributed by atoms with Gasteiger partial charge in [-0.2, -0.15) is 0 Å². The zero-order chi connectivity index (χ0) is 22.4. The first kappa shape index (κ1) is 23.1. The summed E-state index contributed by atoms with van der Waals surface area (Å²) in [4.78, 5) is 33.9. The van der Waals surface area contributed by atoms with E-state index in [2.05, 4.69) is 20.2 Å². The molecule has 3 rings (SSSR count). The van der Waals surface area contributed by atoms with E-state index in [1.165, 1.54) is 7.11 Å². The Bertz CT molecular complexity index is 917. The Morgan fingerprint density at radius 1 is 1.35 bits per heavy atom. The van der Waals surface area contributed by atoms with Crippen LogP contribution in [0.5, 0.6) is 0 Å². The van der Waals surface area contributed by atoms with E-state index in [0.29, 0.717) is 43.3 Å². The minimum Gasteiger partial charge on any atom is -0.465 e. The van der Waals surface area contributed by atoms with Crippen LogP contribution in [0.4, 0.5) is 5.69 Å². The number of aryl methyl sites for hydroxylation is 1. The molecule has 1 saturated heterocycles. The standard InChI is InChI=1S/C22H29ClN4O4/c1-4-11-31-18-13-27(15-8-6-7-14(12-15)22(29)30-3)10-9-17(18)25-21(28)20-24-16(5-2)19(23)26-20/h6-8,12,17-18H,4-5,9-11,13H2,1-3H3,(H,24,26)(H,25,28)/t17-,18+/m0/s1. The van der Waals surface area contributed by atoms with Crippen LogP contribution >= 0.6 is 11.6 Å². The molecule has 8 nitrogen and oxygen atoms in total. The lowest BCUT2D eigenvalue weighted by molar-refractivity contribution is 0.0204. The highest BCUT2D eigenvalue weighted by Gasteiger charge is 2.32. The summed E-state index contributed by atoms with van der Waals surface area (Å²) in [6.07, 6.45) is 2.04. The van der Waals surface area contributed by atoms with E-state index in [9.17, 15) is 9.59 Å². The number of hydrogen-bond donors (Lipinski definition) is 2. The first-order valence-corrected chi connectivity index (χ1v) is 10.9. The minimum atomic E-state index is -0.369. The monoisotopic (exact) mass is 448 g/mol. The van der Waals surface area contributed by atoms with Crippen LogP contribution in [0.25, 0.3) is 0 Å². The third-order valence-electron chi connectivity index (χ3n) is 5.34. The molecule has 1 aliphatic rings. The lowest BCUT2D eigenvalue weighted by Crippen LogP contribution is -2.55. The Morgan fingerprint density at radius 3 is 2.84 bits per heavy atom. The molecule has 168 valence electrons. The van der Waals surface area contributed by atoms with Crippen molar-refractivity contribution >= 4 is 29.2 Å². The summed E-state index contributed by atoms with van der Waals surface area (Å²) in [5.41, 5.74) is 2.16. The number of benzene rings is 1. The number of rotatable bonds is 8. The van der Waals surface area contributed by atoms with Crippen LogP contribution in [-0.2, 0) is 15.9 Å². The number of carbonyl (C=O) groups is 2. The number of halogens is 1. The minimum absolute atomic E-state index is 0.159. The van der Waals surface area contributed by atoms with Gasteiger partial charge in [0.25, 0.3) is 5.91 Å². The molecule has 31 heavy (non-hydrogen) atoms. The summed E-state index contributed by atoms with van der Waals surface area (Å²) < 4.78 is 10.9. The molecule has 0 radical (unpaired) electrons. The van der Waals surface area contributed by atoms with Crippen molar-refractivity contribution in [2.24, 2.45) is 0 Å². The van der Waals surface area contributed by atoms with Crippen molar-refractivity contribution in [3.8, 4) is 0 Å². The van der Waals surface area contributed by atoms with E-state index in [1.807, 2.05) is 32.0 Å². The summed E-state index contributed by atoms with van der Waals surface area (Å²) in [7, 11) is 1.37. The molecule has 0 aliphatic carbocycles. The molecule has 1 aliphatic heterocycles. The van der Waals surface area contributed by atoms with E-state index in [-0.39, 0.29) is 29.8 Å². The summed E-state index contributed by atoms with van der Waals surface area (Å²) in [6, 6.07) is 7.18. The van der Waals surface area contributed by atoms with Crippen LogP contribution < -0.4 is 10.2 Å². The third kappa shape index (κ3) is 5.57. The summed E-state index contributed by atoms with van der Waals surface area (Å²) >= 11 is 6.07. The van der Waals surface area contributed by atoms with Crippen molar-refractivity contribution in [3.05, 3.63) is 46.5 Å². The van der Waals surface area contributed by atoms with E-state index in [0.717, 1.165) is 17.8 Å². The first-order chi connectivity index (χ1) is 15.0. The van der Waals surface area contributed by atoms with E-state index >= 15 is 0 Å². The van der Waals surface area contributed by atoms with E-state index in [1.54, 1.807) is 6.07 Å². The molecule has 1 fully saturated rings. The van der Waals surface area contributed by atoms with E-state index < -0.39 is 0 Å². The Morgan fingerprint density at radius 2 is 2.16 bits per heavy atom. The largest absolute Gasteiger partial charge is 0.465 e. The first-order valence-electron chi connectivity index (χ1n) is 10.6. The number of nitrogens with zero attached hydrogens (tertiary/aromatic N) is 2. The molecular weight excluding hydrogens is 420 g/mol. The molecule has 2 atom stereocenters. The second-order valence-corrected chi connectivity index (χ2v) is 7.83. The normalized spacial score (nSPS) is 18.6. The lowest BCUT2D eigenvalue weighted by atomic mass is 10.00. The molecule has 1 amide bonds. The number of ether oxygens (including phenoxy) is 2. The molecule has 1 aromatic heterocycles. The van der Waals surface area contributed by atoms with Gasteiger partial charge in [0.05, 0.1) is 30.5 Å². The highest BCUT2D eigenvalue weighted by molar-refractivity contribution is 6.30. The summed E-state index contributed by atoms with van der Waals surface area (Å²) in [6.45, 7) is 5.89. The molecule has 9 heteroatoms. The Hall–Kier alpha value is -2.58. The number of esters is 1. The molecule has 1 aromatic carbocycles. The fraction of sp³-hybridized carbons (Fsp3) is 0.500. The predicted molar refractivity (Wildman–Crippen MR) is 119 cm³/mol. The van der Waals surface area contributed by atoms with Gasteiger partial charge in [0.15, 0.2) is 11.0 Å². The maximum atomic E-state index is 12.7. The molecule has 0 saturated carbocycles. The second-order valence-electron chi connectivity index (χ2n) is 7.47. The number of anilines is 1. The van der Waals surface area contributed by atoms with Gasteiger partial charge in [-0.1, -0.05) is 31.5 Å². The number of H-pyrrole nitrogens is 1. The molecule has 0 spiro atoms. The van der Waals surface area contributed by atoms with Gasteiger partial charge in [-0.15, -0.1) is 0 Å². The predicted octanol–water partition coefficient (Wildman–Crippen LogP) is 3.22. The fourth-order valence-corrected chi connectivity index (χ4v) is 3.93. The highest BCUT2D eigenvalue weighted by atomic mass is 35.5. The molecule has 2 heterocycles. The maximum absolute atomic E-state index is 12.7. The zero-order valence-electron chi connectivity index (χ0n) is 18.1. The molecule has 0 bridgehead atoms. The number of methoxy groups -OCH3 is 1. The van der Waals surface area contributed by atoms with Gasteiger partial charge < -0.3 is 24.7 Å². The van der Waals surface area contributed by atoms with Crippen LogP contribution in [0.3, 0.4) is 0 Å². The van der Waals surface area contributed by atoms with Crippen LogP contribution in [0.15, 0.2) is 24.3 Å². The van der Waals surface area contributed by atoms with E-state index in [4.69, 9.17) is 21.1 Å². The summed E-state index contributed by atoms with van der Waals surface area (Å²) in [5.74, 6) is -0.450. The average molecular weight is 449 g/mol. The van der Waals surface area contributed by atoms with Gasteiger partial charge in [0.2, 0.25) is 0 Å². The van der Waals surface area contributed by atoms with Gasteiger partial charge in [-0.3, -0.25) is 4.79 Å². The van der Waals surface area contributed by atoms with Gasteiger partial charge in [-0.05, 0) is 37.5 Å². The maximum Gasteiger partial charge on any atom is 0.337 e. The van der Waals surface area contributed by atoms with Crippen LogP contribution in [0, 0.1) is 0 Å². The zero-order valence-corrected chi connectivity index (χ0v) is 18.9. The van der Waals surface area contributed by atoms with Crippen molar-refractivity contribution in [3.63, 3.8) is 0 Å². The molecular formula is C22H29ClN4O4. The number of imidazole rings is 1. The number of amides is 1. The van der Waals surface area contributed by atoms with Crippen molar-refractivity contribution in [2.45, 2.75) is 45.3 Å². The molecule has 0 unspecified atom stereocenters. The number of piperidine rings is 1. The lowest BCUT2D eigenvalue weighted by Gasteiger charge is -2.39. The van der Waals surface area contributed by atoms with Crippen LogP contribution in [0.1, 0.15) is 53.4 Å². The van der Waals surface area contributed by atoms with Crippen LogP contribution in [-0.4, -0.2) is 60.8 Å². The number of hydrogen-bond acceptors (Lipinski definition) is 6. The quantitative estimate of drug-likeness (QED) is 0.602. The highest BCUT2D eigenvalue weighted by Crippen LogP contribution is 2.24. The van der Waals surface area contributed by atoms with Gasteiger partial charge in [0, 0.05) is 25.4 Å². The topological polar surface area (TPSA) is 96.6 Å². The Labute approximate surface area is 187 Å². The average Bonchev–Trinajstić information content (AvgIpc) is 3.18. The SMILES string of the molecule is CCCO[C@@H]1CN(c2cccc(C(=O)OC)c2)CC[C@@H]1NC(=O)c1nc(Cl)c(CC)[nH]1. The fourth-order valence-electron chi connectivity index (χ4n) is 3.67. The molecule has 2 N–H and O–H groups in total. The smallest absolute Gasteiger partial charge is 0.337 e. The number of aromatic nitrogens is 2. The second kappa shape index (κ2) is 10.6. The van der Waals surface area contributed by atoms with Gasteiger partial charge in [0.1, 0.15) is 0 Å². The van der Waals surface area contributed by atoms with Crippen LogP contribution in [0.2, 0.25) is 5.15 Å². The Kier molecular flexibility index (Phi) is 7.92. The Balaban J connectivity index is 1.72. The third-order valence-corrected chi connectivity index (χ3v) is 5.65. The van der Waals surface area contributed by atoms with Gasteiger partial charge >= 0.3 is 5.97 Å². The summed E-state index contributed by atoms with van der Waals surface area (Å²) in [5, 5.41) is 3.38. The van der Waals surface area contributed by atoms with Crippen molar-refractivity contribution in [1.82, 2.24) is 15.3 Å². The van der Waals surface area contributed by atoms with Gasteiger partial charge in [-0.25, -0.2) is 9.78 Å². The number of aromatic amines is 1. The van der Waals surface area contributed by atoms with Crippen molar-refractivity contribution in [1.29, 1.82) is 0 Å². The molecule has 2 aromatic rings.